The highest BCUT2D eigenvalue weighted by atomic mass is 19.1. The minimum atomic E-state index is -0.557. The molecule has 1 atom stereocenters. The van der Waals surface area contributed by atoms with Crippen molar-refractivity contribution >= 4 is 6.09 Å². The maximum Gasteiger partial charge on any atom is 0.410 e. The van der Waals surface area contributed by atoms with Crippen molar-refractivity contribution in [3.05, 3.63) is 35.4 Å². The van der Waals surface area contributed by atoms with Crippen molar-refractivity contribution in [3.8, 4) is 11.5 Å². The molecule has 1 aromatic carbocycles. The summed E-state index contributed by atoms with van der Waals surface area (Å²) in [6.45, 7) is 7.70. The summed E-state index contributed by atoms with van der Waals surface area (Å²) in [6, 6.07) is 4.43. The summed E-state index contributed by atoms with van der Waals surface area (Å²) >= 11 is 0. The number of hydrogen-bond acceptors (Lipinski definition) is 5. The van der Waals surface area contributed by atoms with Crippen molar-refractivity contribution in [2.75, 3.05) is 6.54 Å². The standard InChI is InChI=1S/C17H20FN3O3/c1-10-11(6-5-7-12(10)18)15-19-14(20-24-15)13-8-9-21(13)16(22)23-17(2,3)4/h5-7,13H,8-9H2,1-4H3. The summed E-state index contributed by atoms with van der Waals surface area (Å²) in [7, 11) is 0. The van der Waals surface area contributed by atoms with E-state index in [1.165, 1.54) is 6.07 Å². The fourth-order valence-electron chi connectivity index (χ4n) is 2.51. The van der Waals surface area contributed by atoms with E-state index in [-0.39, 0.29) is 17.7 Å². The molecule has 24 heavy (non-hydrogen) atoms. The van der Waals surface area contributed by atoms with Crippen molar-refractivity contribution in [1.29, 1.82) is 0 Å². The number of aromatic nitrogens is 2. The lowest BCUT2D eigenvalue weighted by Gasteiger charge is -2.39. The highest BCUT2D eigenvalue weighted by molar-refractivity contribution is 5.69. The molecule has 3 rings (SSSR count). The van der Waals surface area contributed by atoms with Crippen molar-refractivity contribution < 1.29 is 18.4 Å². The van der Waals surface area contributed by atoms with Gasteiger partial charge in [-0.3, -0.25) is 4.90 Å². The Bertz CT molecular complexity index is 767. The van der Waals surface area contributed by atoms with E-state index in [0.717, 1.165) is 6.42 Å². The van der Waals surface area contributed by atoms with E-state index < -0.39 is 11.7 Å². The molecule has 2 heterocycles. The molecule has 1 aliphatic rings. The van der Waals surface area contributed by atoms with Crippen molar-refractivity contribution in [2.24, 2.45) is 0 Å². The van der Waals surface area contributed by atoms with Gasteiger partial charge in [0.25, 0.3) is 5.89 Å². The fourth-order valence-corrected chi connectivity index (χ4v) is 2.51. The van der Waals surface area contributed by atoms with E-state index in [0.29, 0.717) is 23.5 Å². The molecular formula is C17H20FN3O3. The Morgan fingerprint density at radius 1 is 1.42 bits per heavy atom. The summed E-state index contributed by atoms with van der Waals surface area (Å²) in [4.78, 5) is 18.1. The number of carbonyl (C=O) groups is 1. The topological polar surface area (TPSA) is 68.5 Å². The van der Waals surface area contributed by atoms with Crippen LogP contribution in [0.1, 0.15) is 44.6 Å². The molecule has 0 saturated carbocycles. The Hall–Kier alpha value is -2.44. The van der Waals surface area contributed by atoms with Gasteiger partial charge in [0.1, 0.15) is 17.5 Å². The zero-order valence-corrected chi connectivity index (χ0v) is 14.2. The zero-order chi connectivity index (χ0) is 17.5. The molecule has 0 aliphatic carbocycles. The number of amides is 1. The Morgan fingerprint density at radius 2 is 2.17 bits per heavy atom. The number of likely N-dealkylation sites (tertiary alicyclic amines) is 1. The minimum Gasteiger partial charge on any atom is -0.444 e. The Kier molecular flexibility index (Phi) is 4.03. The van der Waals surface area contributed by atoms with Gasteiger partial charge in [0.05, 0.1) is 0 Å². The molecule has 1 amide bonds. The van der Waals surface area contributed by atoms with E-state index in [9.17, 15) is 9.18 Å². The highest BCUT2D eigenvalue weighted by Crippen LogP contribution is 2.34. The second-order valence-corrected chi connectivity index (χ2v) is 6.85. The number of carbonyl (C=O) groups excluding carboxylic acids is 1. The van der Waals surface area contributed by atoms with Crippen LogP contribution < -0.4 is 0 Å². The third-order valence-corrected chi connectivity index (χ3v) is 3.89. The predicted octanol–water partition coefficient (Wildman–Crippen LogP) is 3.87. The molecule has 1 aliphatic heterocycles. The van der Waals surface area contributed by atoms with E-state index in [1.807, 2.05) is 20.8 Å². The quantitative estimate of drug-likeness (QED) is 0.834. The summed E-state index contributed by atoms with van der Waals surface area (Å²) in [5.41, 5.74) is 0.445. The first-order valence-corrected chi connectivity index (χ1v) is 7.85. The Labute approximate surface area is 139 Å². The van der Waals surface area contributed by atoms with Crippen molar-refractivity contribution in [3.63, 3.8) is 0 Å². The molecule has 1 aromatic heterocycles. The molecule has 1 saturated heterocycles. The lowest BCUT2D eigenvalue weighted by Crippen LogP contribution is -2.47. The lowest BCUT2D eigenvalue weighted by molar-refractivity contribution is -0.00772. The van der Waals surface area contributed by atoms with Crippen LogP contribution in [0.5, 0.6) is 0 Å². The molecule has 1 fully saturated rings. The first kappa shape index (κ1) is 16.4. The number of rotatable bonds is 2. The second kappa shape index (κ2) is 5.89. The zero-order valence-electron chi connectivity index (χ0n) is 14.2. The lowest BCUT2D eigenvalue weighted by atomic mass is 10.0. The van der Waals surface area contributed by atoms with Crippen LogP contribution in [0.2, 0.25) is 0 Å². The van der Waals surface area contributed by atoms with E-state index in [2.05, 4.69) is 10.1 Å². The minimum absolute atomic E-state index is 0.248. The summed E-state index contributed by atoms with van der Waals surface area (Å²) < 4.78 is 24.3. The van der Waals surface area contributed by atoms with Crippen LogP contribution in [0.4, 0.5) is 9.18 Å². The average molecular weight is 333 g/mol. The molecule has 0 radical (unpaired) electrons. The van der Waals surface area contributed by atoms with Crippen LogP contribution in [0.3, 0.4) is 0 Å². The van der Waals surface area contributed by atoms with Crippen LogP contribution in [-0.2, 0) is 4.74 Å². The fraction of sp³-hybridized carbons (Fsp3) is 0.471. The van der Waals surface area contributed by atoms with Gasteiger partial charge in [-0.05, 0) is 51.8 Å². The van der Waals surface area contributed by atoms with Crippen LogP contribution in [0.25, 0.3) is 11.5 Å². The van der Waals surface area contributed by atoms with E-state index >= 15 is 0 Å². The maximum atomic E-state index is 13.7. The van der Waals surface area contributed by atoms with Gasteiger partial charge in [-0.15, -0.1) is 0 Å². The van der Waals surface area contributed by atoms with Crippen molar-refractivity contribution in [1.82, 2.24) is 15.0 Å². The van der Waals surface area contributed by atoms with Gasteiger partial charge in [-0.2, -0.15) is 4.98 Å². The molecule has 0 N–H and O–H groups in total. The van der Waals surface area contributed by atoms with Gasteiger partial charge in [-0.25, -0.2) is 9.18 Å². The Morgan fingerprint density at radius 3 is 2.79 bits per heavy atom. The largest absolute Gasteiger partial charge is 0.444 e. The molecule has 1 unspecified atom stereocenters. The molecule has 2 aromatic rings. The molecule has 7 heteroatoms. The number of hydrogen-bond donors (Lipinski definition) is 0. The van der Waals surface area contributed by atoms with Gasteiger partial charge in [0.15, 0.2) is 5.82 Å². The van der Waals surface area contributed by atoms with E-state index in [1.54, 1.807) is 24.0 Å². The molecule has 0 spiro atoms. The molecule has 0 bridgehead atoms. The maximum absolute atomic E-state index is 13.7. The normalized spacial score (nSPS) is 17.5. The first-order valence-electron chi connectivity index (χ1n) is 7.85. The Balaban J connectivity index is 1.79. The third kappa shape index (κ3) is 3.11. The van der Waals surface area contributed by atoms with Crippen LogP contribution in [-0.4, -0.2) is 33.3 Å². The number of halogens is 1. The van der Waals surface area contributed by atoms with Gasteiger partial charge >= 0.3 is 6.09 Å². The van der Waals surface area contributed by atoms with Gasteiger partial charge in [0.2, 0.25) is 0 Å². The van der Waals surface area contributed by atoms with Gasteiger partial charge in [0, 0.05) is 12.1 Å². The van der Waals surface area contributed by atoms with Crippen LogP contribution in [0.15, 0.2) is 22.7 Å². The van der Waals surface area contributed by atoms with E-state index in [4.69, 9.17) is 9.26 Å². The molecular weight excluding hydrogens is 313 g/mol. The molecule has 128 valence electrons. The molecule has 6 nitrogen and oxygen atoms in total. The second-order valence-electron chi connectivity index (χ2n) is 6.85. The monoisotopic (exact) mass is 333 g/mol. The smallest absolute Gasteiger partial charge is 0.410 e. The SMILES string of the molecule is Cc1c(F)cccc1-c1nc(C2CCN2C(=O)OC(C)(C)C)no1. The average Bonchev–Trinajstić information content (AvgIpc) is 2.87. The third-order valence-electron chi connectivity index (χ3n) is 3.89. The number of ether oxygens (including phenoxy) is 1. The van der Waals surface area contributed by atoms with Crippen molar-refractivity contribution in [2.45, 2.75) is 45.8 Å². The number of nitrogens with zero attached hydrogens (tertiary/aromatic N) is 3. The number of benzene rings is 1. The summed E-state index contributed by atoms with van der Waals surface area (Å²) in [5, 5.41) is 3.96. The van der Waals surface area contributed by atoms with Crippen LogP contribution >= 0.6 is 0 Å². The summed E-state index contributed by atoms with van der Waals surface area (Å²) in [6.07, 6.45) is 0.340. The van der Waals surface area contributed by atoms with Gasteiger partial charge < -0.3 is 9.26 Å². The van der Waals surface area contributed by atoms with Gasteiger partial charge in [-0.1, -0.05) is 11.2 Å². The predicted molar refractivity (Wildman–Crippen MR) is 84.7 cm³/mol. The summed E-state index contributed by atoms with van der Waals surface area (Å²) in [5.74, 6) is 0.329. The highest BCUT2D eigenvalue weighted by Gasteiger charge is 2.39. The van der Waals surface area contributed by atoms with Crippen LogP contribution in [0, 0.1) is 12.7 Å². The first-order chi connectivity index (χ1) is 11.3.